The number of β-amino-alcohol motifs (C(OH)–C–C–N with tert-alkyl or cyclic N) is 1. The molecule has 1 N–H and O–H groups in total. The summed E-state index contributed by atoms with van der Waals surface area (Å²) in [5, 5.41) is 19.1. The summed E-state index contributed by atoms with van der Waals surface area (Å²) in [5.74, 6) is 0. The van der Waals surface area contributed by atoms with Gasteiger partial charge in [0.2, 0.25) is 0 Å². The van der Waals surface area contributed by atoms with E-state index in [1.165, 1.54) is 9.80 Å². The molecule has 0 aliphatic carbocycles. The van der Waals surface area contributed by atoms with Crippen LogP contribution in [0.25, 0.3) is 0 Å². The number of aliphatic hydroxyl groups is 1. The smallest absolute Gasteiger partial charge is 0.367 e. The molecule has 1 aliphatic heterocycles. The first-order valence-corrected chi connectivity index (χ1v) is 3.57. The molecule has 0 bridgehead atoms. The maximum atomic E-state index is 10.5. The van der Waals surface area contributed by atoms with Gasteiger partial charge in [-0.25, -0.2) is 0 Å². The van der Waals surface area contributed by atoms with E-state index < -0.39 is 11.2 Å². The predicted octanol–water partition coefficient (Wildman–Crippen LogP) is -0.742. The van der Waals surface area contributed by atoms with Crippen molar-refractivity contribution in [3.05, 3.63) is 22.5 Å². The highest BCUT2D eigenvalue weighted by atomic mass is 16.6. The topological polar surface area (TPSA) is 69.8 Å². The van der Waals surface area contributed by atoms with Gasteiger partial charge in [-0.2, -0.15) is 0 Å². The van der Waals surface area contributed by atoms with Crippen molar-refractivity contribution >= 4 is 0 Å². The Morgan fingerprint density at radius 1 is 1.67 bits per heavy atom. The first-order chi connectivity index (χ1) is 5.66. The fourth-order valence-electron chi connectivity index (χ4n) is 1.15. The highest BCUT2D eigenvalue weighted by Crippen LogP contribution is 2.12. The molecule has 12 heavy (non-hydrogen) atoms. The Kier molecular flexibility index (Phi) is 2.49. The second kappa shape index (κ2) is 3.40. The van der Waals surface area contributed by atoms with Crippen LogP contribution in [0.3, 0.4) is 0 Å². The van der Waals surface area contributed by atoms with Gasteiger partial charge in [-0.15, -0.1) is 0 Å². The van der Waals surface area contributed by atoms with Gasteiger partial charge in [0, 0.05) is 26.0 Å². The zero-order valence-electron chi connectivity index (χ0n) is 6.75. The largest absolute Gasteiger partial charge is 0.395 e. The third-order valence-electron chi connectivity index (χ3n) is 1.70. The van der Waals surface area contributed by atoms with Crippen LogP contribution in [0.5, 0.6) is 0 Å². The zero-order chi connectivity index (χ0) is 9.14. The number of nitrogens with zero attached hydrogens (tertiary/aromatic N) is 3. The average molecular weight is 173 g/mol. The summed E-state index contributed by atoms with van der Waals surface area (Å²) < 4.78 is 0. The average Bonchev–Trinajstić information content (AvgIpc) is 2.32. The van der Waals surface area contributed by atoms with Crippen LogP contribution in [0, 0.1) is 10.1 Å². The third kappa shape index (κ3) is 1.48. The van der Waals surface area contributed by atoms with E-state index in [1.807, 2.05) is 0 Å². The Hall–Kier alpha value is -1.30. The van der Waals surface area contributed by atoms with Gasteiger partial charge in [0.05, 0.1) is 11.5 Å². The van der Waals surface area contributed by atoms with Gasteiger partial charge < -0.3 is 5.11 Å². The molecule has 0 aromatic rings. The van der Waals surface area contributed by atoms with E-state index in [2.05, 4.69) is 0 Å². The van der Waals surface area contributed by atoms with E-state index in [4.69, 9.17) is 5.11 Å². The van der Waals surface area contributed by atoms with Crippen molar-refractivity contribution in [1.82, 2.24) is 9.80 Å². The molecule has 6 heteroatoms. The molecule has 0 saturated carbocycles. The number of hydrogen-bond donors (Lipinski definition) is 1. The molecule has 0 aromatic carbocycles. The van der Waals surface area contributed by atoms with Crippen LogP contribution < -0.4 is 0 Å². The summed E-state index contributed by atoms with van der Waals surface area (Å²) in [5.41, 5.74) is 0. The van der Waals surface area contributed by atoms with Crippen molar-refractivity contribution in [2.45, 2.75) is 6.29 Å². The third-order valence-corrected chi connectivity index (χ3v) is 1.70. The monoisotopic (exact) mass is 173 g/mol. The van der Waals surface area contributed by atoms with E-state index in [1.54, 1.807) is 19.4 Å². The van der Waals surface area contributed by atoms with Crippen molar-refractivity contribution in [2.75, 3.05) is 20.2 Å². The Morgan fingerprint density at radius 3 is 2.83 bits per heavy atom. The van der Waals surface area contributed by atoms with Crippen LogP contribution in [-0.2, 0) is 0 Å². The molecule has 68 valence electrons. The summed E-state index contributed by atoms with van der Waals surface area (Å²) >= 11 is 0. The van der Waals surface area contributed by atoms with Crippen LogP contribution in [-0.4, -0.2) is 46.3 Å². The lowest BCUT2D eigenvalue weighted by atomic mass is 10.6. The van der Waals surface area contributed by atoms with Gasteiger partial charge in [-0.05, 0) is 0 Å². The molecule has 0 amide bonds. The predicted molar refractivity (Wildman–Crippen MR) is 41.5 cm³/mol. The molecule has 0 saturated heterocycles. The maximum absolute atomic E-state index is 10.5. The van der Waals surface area contributed by atoms with Gasteiger partial charge in [0.1, 0.15) is 0 Å². The minimum atomic E-state index is -0.864. The highest BCUT2D eigenvalue weighted by molar-refractivity contribution is 4.91. The highest BCUT2D eigenvalue weighted by Gasteiger charge is 2.32. The van der Waals surface area contributed by atoms with Gasteiger partial charge in [-0.1, -0.05) is 0 Å². The number of aliphatic hydroxyl groups excluding tert-OH is 1. The summed E-state index contributed by atoms with van der Waals surface area (Å²) in [6.45, 7) is 0.203. The Morgan fingerprint density at radius 2 is 2.33 bits per heavy atom. The molecule has 1 aliphatic rings. The van der Waals surface area contributed by atoms with Crippen molar-refractivity contribution in [1.29, 1.82) is 0 Å². The van der Waals surface area contributed by atoms with Crippen LogP contribution in [0.4, 0.5) is 0 Å². The van der Waals surface area contributed by atoms with E-state index >= 15 is 0 Å². The van der Waals surface area contributed by atoms with Crippen molar-refractivity contribution in [3.63, 3.8) is 0 Å². The number of rotatable bonds is 3. The molecular weight excluding hydrogens is 162 g/mol. The summed E-state index contributed by atoms with van der Waals surface area (Å²) in [4.78, 5) is 13.1. The van der Waals surface area contributed by atoms with E-state index in [0.717, 1.165) is 0 Å². The summed E-state index contributed by atoms with van der Waals surface area (Å²) in [6.07, 6.45) is 2.35. The molecule has 1 heterocycles. The molecule has 0 fully saturated rings. The molecule has 0 aromatic heterocycles. The first kappa shape index (κ1) is 8.79. The fraction of sp³-hybridized carbons (Fsp3) is 0.667. The summed E-state index contributed by atoms with van der Waals surface area (Å²) in [7, 11) is 1.63. The van der Waals surface area contributed by atoms with Crippen LogP contribution >= 0.6 is 0 Å². The Balaban J connectivity index is 2.63. The number of hydrogen-bond acceptors (Lipinski definition) is 5. The quantitative estimate of drug-likeness (QED) is 0.449. The van der Waals surface area contributed by atoms with E-state index in [-0.39, 0.29) is 13.2 Å². The lowest BCUT2D eigenvalue weighted by molar-refractivity contribution is -0.568. The Labute approximate surface area is 69.8 Å². The van der Waals surface area contributed by atoms with Crippen LogP contribution in [0.15, 0.2) is 12.4 Å². The normalized spacial score (nSPS) is 22.0. The Bertz CT molecular complexity index is 206. The lowest BCUT2D eigenvalue weighted by Crippen LogP contribution is -2.43. The van der Waals surface area contributed by atoms with E-state index in [9.17, 15) is 10.1 Å². The standard InChI is InChI=1S/C6H11N3O3/c1-7-2-3-8(4-5-10)6(7)9(11)12/h2-3,6,10H,4-5H2,1H3. The number of nitro groups is 1. The molecule has 1 rings (SSSR count). The second-order valence-electron chi connectivity index (χ2n) is 2.56. The van der Waals surface area contributed by atoms with Gasteiger partial charge in [0.25, 0.3) is 0 Å². The second-order valence-corrected chi connectivity index (χ2v) is 2.56. The molecule has 0 radical (unpaired) electrons. The van der Waals surface area contributed by atoms with Gasteiger partial charge in [0.15, 0.2) is 0 Å². The molecular formula is C6H11N3O3. The van der Waals surface area contributed by atoms with Gasteiger partial charge in [-0.3, -0.25) is 19.9 Å². The molecule has 1 atom stereocenters. The first-order valence-electron chi connectivity index (χ1n) is 3.57. The van der Waals surface area contributed by atoms with Crippen LogP contribution in [0.2, 0.25) is 0 Å². The van der Waals surface area contributed by atoms with Crippen molar-refractivity contribution in [3.8, 4) is 0 Å². The SMILES string of the molecule is CN1C=CN(CCO)C1[N+](=O)[O-]. The van der Waals surface area contributed by atoms with Crippen molar-refractivity contribution < 1.29 is 10.0 Å². The summed E-state index contributed by atoms with van der Waals surface area (Å²) in [6, 6.07) is 0. The van der Waals surface area contributed by atoms with Crippen molar-refractivity contribution in [2.24, 2.45) is 0 Å². The fourth-order valence-corrected chi connectivity index (χ4v) is 1.15. The molecule has 1 unspecified atom stereocenters. The lowest BCUT2D eigenvalue weighted by Gasteiger charge is -2.21. The zero-order valence-corrected chi connectivity index (χ0v) is 6.75. The molecule has 0 spiro atoms. The van der Waals surface area contributed by atoms with Gasteiger partial charge >= 0.3 is 6.29 Å². The van der Waals surface area contributed by atoms with Crippen LogP contribution in [0.1, 0.15) is 0 Å². The minimum absolute atomic E-state index is 0.0808. The minimum Gasteiger partial charge on any atom is -0.395 e. The van der Waals surface area contributed by atoms with E-state index in [0.29, 0.717) is 0 Å². The molecule has 6 nitrogen and oxygen atoms in total. The maximum Gasteiger partial charge on any atom is 0.367 e.